The summed E-state index contributed by atoms with van der Waals surface area (Å²) in [6.07, 6.45) is 3.25. The maximum atomic E-state index is 10.8. The van der Waals surface area contributed by atoms with Crippen LogP contribution in [-0.2, 0) is 19.4 Å². The van der Waals surface area contributed by atoms with Crippen molar-refractivity contribution < 1.29 is 4.92 Å². The summed E-state index contributed by atoms with van der Waals surface area (Å²) in [6.45, 7) is 0.675. The van der Waals surface area contributed by atoms with Crippen molar-refractivity contribution in [1.82, 2.24) is 5.32 Å². The Morgan fingerprint density at radius 1 is 1.14 bits per heavy atom. The average molecular weight is 282 g/mol. The van der Waals surface area contributed by atoms with E-state index in [0.717, 1.165) is 24.8 Å². The second kappa shape index (κ2) is 6.06. The molecule has 0 aliphatic heterocycles. The molecule has 2 aromatic rings. The standard InChI is InChI=1S/C17H18N2O2/c20-19(21)17-7-3-4-13(10-17)12-18-16-9-8-14-5-1-2-6-15(14)11-16/h1-7,10,16,18H,8-9,11-12H2. The van der Waals surface area contributed by atoms with Crippen molar-refractivity contribution in [2.45, 2.75) is 31.8 Å². The summed E-state index contributed by atoms with van der Waals surface area (Å²) < 4.78 is 0. The van der Waals surface area contributed by atoms with Crippen LogP contribution < -0.4 is 5.32 Å². The van der Waals surface area contributed by atoms with Crippen molar-refractivity contribution in [2.24, 2.45) is 0 Å². The van der Waals surface area contributed by atoms with Crippen LogP contribution in [0.15, 0.2) is 48.5 Å². The van der Waals surface area contributed by atoms with Gasteiger partial charge < -0.3 is 5.32 Å². The van der Waals surface area contributed by atoms with Gasteiger partial charge in [-0.1, -0.05) is 36.4 Å². The minimum atomic E-state index is -0.347. The molecule has 21 heavy (non-hydrogen) atoms. The number of nitrogens with one attached hydrogen (secondary N) is 1. The number of aryl methyl sites for hydroxylation is 1. The van der Waals surface area contributed by atoms with Gasteiger partial charge in [0, 0.05) is 24.7 Å². The molecular weight excluding hydrogens is 264 g/mol. The molecule has 1 unspecified atom stereocenters. The van der Waals surface area contributed by atoms with Gasteiger partial charge in [0.2, 0.25) is 0 Å². The van der Waals surface area contributed by atoms with E-state index >= 15 is 0 Å². The van der Waals surface area contributed by atoms with E-state index in [1.165, 1.54) is 17.2 Å². The third-order valence-corrected chi connectivity index (χ3v) is 4.06. The van der Waals surface area contributed by atoms with E-state index in [0.29, 0.717) is 12.6 Å². The van der Waals surface area contributed by atoms with Crippen LogP contribution in [0.4, 0.5) is 5.69 Å². The number of hydrogen-bond acceptors (Lipinski definition) is 3. The molecule has 0 saturated heterocycles. The van der Waals surface area contributed by atoms with E-state index in [1.807, 2.05) is 6.07 Å². The molecule has 0 saturated carbocycles. The number of fused-ring (bicyclic) bond motifs is 1. The summed E-state index contributed by atoms with van der Waals surface area (Å²) in [5.41, 5.74) is 3.98. The molecule has 0 heterocycles. The number of hydrogen-bond donors (Lipinski definition) is 1. The van der Waals surface area contributed by atoms with Crippen molar-refractivity contribution in [2.75, 3.05) is 0 Å². The van der Waals surface area contributed by atoms with Gasteiger partial charge in [-0.3, -0.25) is 10.1 Å². The zero-order valence-corrected chi connectivity index (χ0v) is 11.8. The molecule has 0 amide bonds. The molecule has 4 nitrogen and oxygen atoms in total. The Balaban J connectivity index is 1.61. The molecule has 0 radical (unpaired) electrons. The highest BCUT2D eigenvalue weighted by Crippen LogP contribution is 2.21. The normalized spacial score (nSPS) is 17.2. The topological polar surface area (TPSA) is 55.2 Å². The van der Waals surface area contributed by atoms with Crippen LogP contribution in [0.1, 0.15) is 23.1 Å². The van der Waals surface area contributed by atoms with Gasteiger partial charge in [-0.2, -0.15) is 0 Å². The lowest BCUT2D eigenvalue weighted by Crippen LogP contribution is -2.34. The molecule has 0 aromatic heterocycles. The predicted molar refractivity (Wildman–Crippen MR) is 82.2 cm³/mol. The fraction of sp³-hybridized carbons (Fsp3) is 0.294. The van der Waals surface area contributed by atoms with Crippen LogP contribution in [0.2, 0.25) is 0 Å². The molecule has 0 fully saturated rings. The van der Waals surface area contributed by atoms with Crippen LogP contribution in [0.25, 0.3) is 0 Å². The zero-order valence-electron chi connectivity index (χ0n) is 11.8. The number of benzene rings is 2. The molecule has 1 aliphatic carbocycles. The Labute approximate surface area is 124 Å². The molecule has 0 spiro atoms. The van der Waals surface area contributed by atoms with E-state index < -0.39 is 0 Å². The Kier molecular flexibility index (Phi) is 3.97. The first kappa shape index (κ1) is 13.8. The van der Waals surface area contributed by atoms with Gasteiger partial charge in [0.1, 0.15) is 0 Å². The van der Waals surface area contributed by atoms with E-state index in [2.05, 4.69) is 29.6 Å². The Bertz CT molecular complexity index is 655. The van der Waals surface area contributed by atoms with E-state index in [1.54, 1.807) is 12.1 Å². The summed E-state index contributed by atoms with van der Waals surface area (Å²) >= 11 is 0. The minimum Gasteiger partial charge on any atom is -0.310 e. The summed E-state index contributed by atoms with van der Waals surface area (Å²) in [7, 11) is 0. The summed E-state index contributed by atoms with van der Waals surface area (Å²) in [4.78, 5) is 10.4. The van der Waals surface area contributed by atoms with Gasteiger partial charge in [0.25, 0.3) is 5.69 Å². The summed E-state index contributed by atoms with van der Waals surface area (Å²) in [5.74, 6) is 0. The first-order valence-electron chi connectivity index (χ1n) is 7.26. The van der Waals surface area contributed by atoms with Crippen LogP contribution >= 0.6 is 0 Å². The van der Waals surface area contributed by atoms with Crippen LogP contribution in [0.3, 0.4) is 0 Å². The van der Waals surface area contributed by atoms with Crippen LogP contribution in [-0.4, -0.2) is 11.0 Å². The Morgan fingerprint density at radius 3 is 2.76 bits per heavy atom. The zero-order chi connectivity index (χ0) is 14.7. The fourth-order valence-corrected chi connectivity index (χ4v) is 2.91. The highest BCUT2D eigenvalue weighted by molar-refractivity contribution is 5.34. The Morgan fingerprint density at radius 2 is 1.95 bits per heavy atom. The first-order chi connectivity index (χ1) is 10.2. The van der Waals surface area contributed by atoms with Gasteiger partial charge >= 0.3 is 0 Å². The molecule has 108 valence electrons. The molecule has 4 heteroatoms. The SMILES string of the molecule is O=[N+]([O-])c1cccc(CNC2CCc3ccccc3C2)c1. The molecule has 1 atom stereocenters. The number of nitro groups is 1. The third-order valence-electron chi connectivity index (χ3n) is 4.06. The van der Waals surface area contributed by atoms with Gasteiger partial charge in [-0.25, -0.2) is 0 Å². The van der Waals surface area contributed by atoms with E-state index in [4.69, 9.17) is 0 Å². The van der Waals surface area contributed by atoms with Crippen molar-refractivity contribution in [3.63, 3.8) is 0 Å². The van der Waals surface area contributed by atoms with Crippen molar-refractivity contribution in [1.29, 1.82) is 0 Å². The largest absolute Gasteiger partial charge is 0.310 e. The smallest absolute Gasteiger partial charge is 0.269 e. The molecular formula is C17H18N2O2. The fourth-order valence-electron chi connectivity index (χ4n) is 2.91. The highest BCUT2D eigenvalue weighted by Gasteiger charge is 2.17. The summed E-state index contributed by atoms with van der Waals surface area (Å²) in [5, 5.41) is 14.3. The number of nitrogens with zero attached hydrogens (tertiary/aromatic N) is 1. The van der Waals surface area contributed by atoms with Crippen LogP contribution in [0.5, 0.6) is 0 Å². The minimum absolute atomic E-state index is 0.156. The quantitative estimate of drug-likeness (QED) is 0.692. The van der Waals surface area contributed by atoms with Gasteiger partial charge in [0.05, 0.1) is 4.92 Å². The van der Waals surface area contributed by atoms with Gasteiger partial charge in [0.15, 0.2) is 0 Å². The third kappa shape index (κ3) is 3.28. The first-order valence-corrected chi connectivity index (χ1v) is 7.26. The molecule has 1 aliphatic rings. The van der Waals surface area contributed by atoms with E-state index in [9.17, 15) is 10.1 Å². The second-order valence-electron chi connectivity index (χ2n) is 5.52. The number of non-ortho nitro benzene ring substituents is 1. The lowest BCUT2D eigenvalue weighted by atomic mass is 9.88. The lowest BCUT2D eigenvalue weighted by molar-refractivity contribution is -0.384. The maximum Gasteiger partial charge on any atom is 0.269 e. The van der Waals surface area contributed by atoms with Crippen molar-refractivity contribution in [3.8, 4) is 0 Å². The van der Waals surface area contributed by atoms with E-state index in [-0.39, 0.29) is 10.6 Å². The van der Waals surface area contributed by atoms with Gasteiger partial charge in [-0.15, -0.1) is 0 Å². The monoisotopic (exact) mass is 282 g/mol. The van der Waals surface area contributed by atoms with Crippen molar-refractivity contribution in [3.05, 3.63) is 75.3 Å². The molecule has 3 rings (SSSR count). The lowest BCUT2D eigenvalue weighted by Gasteiger charge is -2.25. The predicted octanol–water partition coefficient (Wildman–Crippen LogP) is 3.24. The van der Waals surface area contributed by atoms with Gasteiger partial charge in [-0.05, 0) is 36.0 Å². The maximum absolute atomic E-state index is 10.8. The molecule has 0 bridgehead atoms. The van der Waals surface area contributed by atoms with Crippen molar-refractivity contribution >= 4 is 5.69 Å². The van der Waals surface area contributed by atoms with Crippen LogP contribution in [0, 0.1) is 10.1 Å². The second-order valence-corrected chi connectivity index (χ2v) is 5.52. The molecule has 2 aromatic carbocycles. The summed E-state index contributed by atoms with van der Waals surface area (Å²) in [6, 6.07) is 15.9. The number of rotatable bonds is 4. The highest BCUT2D eigenvalue weighted by atomic mass is 16.6. The molecule has 1 N–H and O–H groups in total. The Hall–Kier alpha value is -2.20. The average Bonchev–Trinajstić information content (AvgIpc) is 2.53. The number of nitro benzene ring substituents is 1.